The van der Waals surface area contributed by atoms with E-state index < -0.39 is 11.9 Å². The zero-order chi connectivity index (χ0) is 14.0. The highest BCUT2D eigenvalue weighted by Crippen LogP contribution is 2.37. The lowest BCUT2D eigenvalue weighted by atomic mass is 10.1. The molecule has 0 bridgehead atoms. The van der Waals surface area contributed by atoms with Crippen molar-refractivity contribution in [2.75, 3.05) is 7.11 Å². The maximum atomic E-state index is 13.0. The number of aromatic nitrogens is 1. The molecule has 6 heteroatoms. The number of nitrogens with one attached hydrogen (secondary N) is 1. The van der Waals surface area contributed by atoms with Crippen LogP contribution in [0, 0.1) is 11.3 Å². The summed E-state index contributed by atoms with van der Waals surface area (Å²) >= 11 is 0. The number of ether oxygens (including phenoxy) is 1. The van der Waals surface area contributed by atoms with Crippen molar-refractivity contribution in [1.82, 2.24) is 4.98 Å². The number of fused-ring (bicyclic) bond motifs is 1. The van der Waals surface area contributed by atoms with Crippen LogP contribution in [0.3, 0.4) is 0 Å². The number of methoxy groups -OCH3 is 1. The molecule has 0 saturated heterocycles. The van der Waals surface area contributed by atoms with E-state index in [0.717, 1.165) is 0 Å². The van der Waals surface area contributed by atoms with Crippen LogP contribution in [-0.2, 0) is 12.6 Å². The Morgan fingerprint density at radius 2 is 2.11 bits per heavy atom. The lowest BCUT2D eigenvalue weighted by Gasteiger charge is -2.06. The van der Waals surface area contributed by atoms with Gasteiger partial charge in [0.05, 0.1) is 13.2 Å². The largest absolute Gasteiger partial charge is 0.497 e. The number of halogens is 3. The molecule has 2 aromatic rings. The molecular formula is C13H11F3N2O. The van der Waals surface area contributed by atoms with Gasteiger partial charge in [-0.2, -0.15) is 18.4 Å². The Labute approximate surface area is 107 Å². The first-order valence-corrected chi connectivity index (χ1v) is 5.60. The van der Waals surface area contributed by atoms with Crippen LogP contribution in [-0.4, -0.2) is 12.1 Å². The number of hydrogen-bond acceptors (Lipinski definition) is 2. The van der Waals surface area contributed by atoms with Crippen LogP contribution in [0.5, 0.6) is 5.75 Å². The topological polar surface area (TPSA) is 48.8 Å². The van der Waals surface area contributed by atoms with Gasteiger partial charge < -0.3 is 9.72 Å². The standard InChI is InChI=1S/C13H11F3N2O/c1-19-8-4-5-9-10(3-2-6-17)12(13(14,15)16)18-11(9)7-8/h4-5,7,18H,2-3H2,1H3. The summed E-state index contributed by atoms with van der Waals surface area (Å²) in [4.78, 5) is 2.37. The average molecular weight is 268 g/mol. The van der Waals surface area contributed by atoms with Gasteiger partial charge in [0.15, 0.2) is 0 Å². The summed E-state index contributed by atoms with van der Waals surface area (Å²) in [6.45, 7) is 0. The van der Waals surface area contributed by atoms with E-state index in [0.29, 0.717) is 16.7 Å². The van der Waals surface area contributed by atoms with E-state index in [1.807, 2.05) is 6.07 Å². The Bertz CT molecular complexity index is 638. The van der Waals surface area contributed by atoms with Gasteiger partial charge in [-0.3, -0.25) is 0 Å². The molecule has 1 N–H and O–H groups in total. The molecule has 0 amide bonds. The van der Waals surface area contributed by atoms with Crippen LogP contribution < -0.4 is 4.74 Å². The summed E-state index contributed by atoms with van der Waals surface area (Å²) in [7, 11) is 1.45. The molecule has 1 aromatic heterocycles. The predicted octanol–water partition coefficient (Wildman–Crippen LogP) is 3.65. The minimum absolute atomic E-state index is 0.0437. The summed E-state index contributed by atoms with van der Waals surface area (Å²) in [5.41, 5.74) is -0.294. The summed E-state index contributed by atoms with van der Waals surface area (Å²) in [6.07, 6.45) is -4.35. The highest BCUT2D eigenvalue weighted by Gasteiger charge is 2.36. The number of alkyl halides is 3. The van der Waals surface area contributed by atoms with Crippen molar-refractivity contribution in [3.05, 3.63) is 29.5 Å². The first kappa shape index (κ1) is 13.3. The van der Waals surface area contributed by atoms with Gasteiger partial charge in [0.2, 0.25) is 0 Å². The third-order valence-corrected chi connectivity index (χ3v) is 2.88. The minimum Gasteiger partial charge on any atom is -0.497 e. The minimum atomic E-state index is -4.46. The maximum Gasteiger partial charge on any atom is 0.431 e. The van der Waals surface area contributed by atoms with E-state index in [1.165, 1.54) is 13.2 Å². The molecule has 0 atom stereocenters. The van der Waals surface area contributed by atoms with E-state index >= 15 is 0 Å². The fraction of sp³-hybridized carbons (Fsp3) is 0.308. The van der Waals surface area contributed by atoms with Crippen LogP contribution in [0.15, 0.2) is 18.2 Å². The van der Waals surface area contributed by atoms with Crippen molar-refractivity contribution in [1.29, 1.82) is 5.26 Å². The first-order valence-electron chi connectivity index (χ1n) is 5.60. The Morgan fingerprint density at radius 1 is 1.37 bits per heavy atom. The number of aromatic amines is 1. The molecule has 0 aliphatic rings. The molecule has 3 nitrogen and oxygen atoms in total. The lowest BCUT2D eigenvalue weighted by molar-refractivity contribution is -0.141. The zero-order valence-corrected chi connectivity index (χ0v) is 10.1. The third-order valence-electron chi connectivity index (χ3n) is 2.88. The van der Waals surface area contributed by atoms with Crippen molar-refractivity contribution in [2.45, 2.75) is 19.0 Å². The quantitative estimate of drug-likeness (QED) is 0.923. The molecule has 0 saturated carbocycles. The maximum absolute atomic E-state index is 13.0. The fourth-order valence-electron chi connectivity index (χ4n) is 2.04. The molecule has 1 heterocycles. The summed E-state index contributed by atoms with van der Waals surface area (Å²) in [5, 5.41) is 9.03. The molecule has 0 fully saturated rings. The van der Waals surface area contributed by atoms with Crippen molar-refractivity contribution in [3.8, 4) is 11.8 Å². The van der Waals surface area contributed by atoms with E-state index in [-0.39, 0.29) is 18.4 Å². The number of aryl methyl sites for hydroxylation is 1. The zero-order valence-electron chi connectivity index (χ0n) is 10.1. The van der Waals surface area contributed by atoms with Crippen LogP contribution in [0.25, 0.3) is 10.9 Å². The Kier molecular flexibility index (Phi) is 3.38. The molecule has 19 heavy (non-hydrogen) atoms. The second-order valence-electron chi connectivity index (χ2n) is 4.05. The van der Waals surface area contributed by atoms with Crippen molar-refractivity contribution in [3.63, 3.8) is 0 Å². The van der Waals surface area contributed by atoms with E-state index in [4.69, 9.17) is 10.00 Å². The fourth-order valence-corrected chi connectivity index (χ4v) is 2.04. The summed E-state index contributed by atoms with van der Waals surface area (Å²) < 4.78 is 43.8. The van der Waals surface area contributed by atoms with Gasteiger partial charge in [0.1, 0.15) is 11.4 Å². The van der Waals surface area contributed by atoms with Crippen LogP contribution >= 0.6 is 0 Å². The van der Waals surface area contributed by atoms with Crippen molar-refractivity contribution < 1.29 is 17.9 Å². The molecule has 0 unspecified atom stereocenters. The van der Waals surface area contributed by atoms with Gasteiger partial charge in [-0.1, -0.05) is 0 Å². The Morgan fingerprint density at radius 3 is 2.68 bits per heavy atom. The SMILES string of the molecule is COc1ccc2c(CCC#N)c(C(F)(F)F)[nH]c2c1. The average Bonchev–Trinajstić information content (AvgIpc) is 2.73. The van der Waals surface area contributed by atoms with Crippen LogP contribution in [0.2, 0.25) is 0 Å². The van der Waals surface area contributed by atoms with Crippen molar-refractivity contribution in [2.24, 2.45) is 0 Å². The van der Waals surface area contributed by atoms with Gasteiger partial charge in [-0.05, 0) is 24.1 Å². The summed E-state index contributed by atoms with van der Waals surface area (Å²) in [5.74, 6) is 0.481. The third kappa shape index (κ3) is 2.50. The normalized spacial score (nSPS) is 11.5. The summed E-state index contributed by atoms with van der Waals surface area (Å²) in [6, 6.07) is 6.56. The molecule has 0 radical (unpaired) electrons. The number of nitrogens with zero attached hydrogens (tertiary/aromatic N) is 1. The first-order chi connectivity index (χ1) is 8.97. The Hall–Kier alpha value is -2.16. The molecule has 0 aliphatic heterocycles. The molecule has 2 rings (SSSR count). The molecular weight excluding hydrogens is 257 g/mol. The van der Waals surface area contributed by atoms with E-state index in [1.54, 1.807) is 12.1 Å². The van der Waals surface area contributed by atoms with Gasteiger partial charge in [0.25, 0.3) is 0 Å². The van der Waals surface area contributed by atoms with Crippen LogP contribution in [0.4, 0.5) is 13.2 Å². The number of nitriles is 1. The molecule has 0 aliphatic carbocycles. The number of H-pyrrole nitrogens is 1. The Balaban J connectivity index is 2.62. The lowest BCUT2D eigenvalue weighted by Crippen LogP contribution is -2.08. The highest BCUT2D eigenvalue weighted by atomic mass is 19.4. The van der Waals surface area contributed by atoms with Crippen molar-refractivity contribution >= 4 is 10.9 Å². The van der Waals surface area contributed by atoms with Gasteiger partial charge in [-0.25, -0.2) is 0 Å². The van der Waals surface area contributed by atoms with Gasteiger partial charge in [0, 0.05) is 23.4 Å². The second-order valence-corrected chi connectivity index (χ2v) is 4.05. The molecule has 100 valence electrons. The van der Waals surface area contributed by atoms with E-state index in [2.05, 4.69) is 4.98 Å². The molecule has 1 aromatic carbocycles. The monoisotopic (exact) mass is 268 g/mol. The smallest absolute Gasteiger partial charge is 0.431 e. The van der Waals surface area contributed by atoms with Gasteiger partial charge in [-0.15, -0.1) is 0 Å². The van der Waals surface area contributed by atoms with Gasteiger partial charge >= 0.3 is 6.18 Å². The highest BCUT2D eigenvalue weighted by molar-refractivity contribution is 5.86. The number of benzene rings is 1. The van der Waals surface area contributed by atoms with Crippen LogP contribution in [0.1, 0.15) is 17.7 Å². The number of hydrogen-bond donors (Lipinski definition) is 1. The molecule has 0 spiro atoms. The predicted molar refractivity (Wildman–Crippen MR) is 63.8 cm³/mol. The van der Waals surface area contributed by atoms with E-state index in [9.17, 15) is 13.2 Å². The number of rotatable bonds is 3. The second kappa shape index (κ2) is 4.84.